The quantitative estimate of drug-likeness (QED) is 0.594. The fraction of sp³-hybridized carbons (Fsp3) is 0.409. The van der Waals surface area contributed by atoms with E-state index >= 15 is 0 Å². The molecular weight excluding hydrogens is 452 g/mol. The Balaban J connectivity index is 0.00000256. The lowest BCUT2D eigenvalue weighted by molar-refractivity contribution is -0.0305. The average molecular weight is 475 g/mol. The number of carboxylic acids is 1. The Labute approximate surface area is 191 Å². The fourth-order valence-electron chi connectivity index (χ4n) is 3.92. The standard InChI is InChI=1S/C22H22Cl2FNO3.ClH/c23-19-4-1-13(8-20(19)24)7-16-12-26(5-6-29-16)11-15-9-21(25)18(22(27)28)10-17(15)14-2-3-14;/h1,4,8-10,14,16H,2-3,5-7,11-12H2,(H,27,28);1H. The molecule has 8 heteroatoms. The normalized spacial score (nSPS) is 19.4. The molecule has 2 aromatic rings. The monoisotopic (exact) mass is 473 g/mol. The van der Waals surface area contributed by atoms with Crippen molar-refractivity contribution in [1.82, 2.24) is 4.90 Å². The summed E-state index contributed by atoms with van der Waals surface area (Å²) in [5.74, 6) is -1.54. The van der Waals surface area contributed by atoms with Gasteiger partial charge in [-0.1, -0.05) is 29.3 Å². The molecule has 1 unspecified atom stereocenters. The first-order chi connectivity index (χ1) is 13.9. The Hall–Kier alpha value is -1.37. The van der Waals surface area contributed by atoms with Crippen LogP contribution in [0.15, 0.2) is 30.3 Å². The number of benzene rings is 2. The van der Waals surface area contributed by atoms with Crippen LogP contribution in [0.4, 0.5) is 4.39 Å². The first kappa shape index (κ1) is 23.3. The summed E-state index contributed by atoms with van der Waals surface area (Å²) in [6, 6.07) is 8.52. The lowest BCUT2D eigenvalue weighted by Gasteiger charge is -2.33. The van der Waals surface area contributed by atoms with Crippen LogP contribution in [0.25, 0.3) is 0 Å². The van der Waals surface area contributed by atoms with Gasteiger partial charge in [-0.25, -0.2) is 9.18 Å². The number of rotatable bonds is 6. The molecule has 1 N–H and O–H groups in total. The molecule has 0 amide bonds. The van der Waals surface area contributed by atoms with Crippen molar-refractivity contribution in [2.75, 3.05) is 19.7 Å². The topological polar surface area (TPSA) is 49.8 Å². The number of aromatic carboxylic acids is 1. The van der Waals surface area contributed by atoms with Gasteiger partial charge in [0.2, 0.25) is 0 Å². The van der Waals surface area contributed by atoms with Crippen molar-refractivity contribution in [2.24, 2.45) is 0 Å². The molecule has 1 saturated carbocycles. The second kappa shape index (κ2) is 9.84. The van der Waals surface area contributed by atoms with E-state index in [1.165, 1.54) is 12.1 Å². The zero-order valence-electron chi connectivity index (χ0n) is 16.2. The van der Waals surface area contributed by atoms with E-state index in [2.05, 4.69) is 4.90 Å². The SMILES string of the molecule is Cl.O=C(O)c1cc(C2CC2)c(CN2CCOC(Cc3ccc(Cl)c(Cl)c3)C2)cc1F. The predicted molar refractivity (Wildman–Crippen MR) is 118 cm³/mol. The minimum Gasteiger partial charge on any atom is -0.478 e. The summed E-state index contributed by atoms with van der Waals surface area (Å²) in [6.45, 7) is 2.65. The number of carboxylic acid groups (broad SMARTS) is 1. The van der Waals surface area contributed by atoms with Gasteiger partial charge in [0.1, 0.15) is 5.82 Å². The molecule has 0 bridgehead atoms. The number of morpholine rings is 1. The van der Waals surface area contributed by atoms with E-state index in [4.69, 9.17) is 27.9 Å². The summed E-state index contributed by atoms with van der Waals surface area (Å²) in [5, 5.41) is 10.3. The summed E-state index contributed by atoms with van der Waals surface area (Å²) in [5.41, 5.74) is 2.67. The van der Waals surface area contributed by atoms with Crippen molar-refractivity contribution in [3.8, 4) is 0 Å². The zero-order valence-corrected chi connectivity index (χ0v) is 18.6. The second-order valence-corrected chi connectivity index (χ2v) is 8.61. The van der Waals surface area contributed by atoms with Crippen LogP contribution in [0, 0.1) is 5.82 Å². The average Bonchev–Trinajstić information content (AvgIpc) is 3.50. The van der Waals surface area contributed by atoms with Crippen LogP contribution < -0.4 is 0 Å². The molecule has 1 aliphatic carbocycles. The number of nitrogens with zero attached hydrogens (tertiary/aromatic N) is 1. The van der Waals surface area contributed by atoms with E-state index in [1.807, 2.05) is 12.1 Å². The van der Waals surface area contributed by atoms with Gasteiger partial charge in [-0.05, 0) is 66.1 Å². The molecule has 30 heavy (non-hydrogen) atoms. The van der Waals surface area contributed by atoms with E-state index in [1.54, 1.807) is 6.07 Å². The van der Waals surface area contributed by atoms with Crippen molar-refractivity contribution in [3.63, 3.8) is 0 Å². The van der Waals surface area contributed by atoms with E-state index in [0.29, 0.717) is 35.7 Å². The maximum absolute atomic E-state index is 14.3. The molecule has 4 nitrogen and oxygen atoms in total. The van der Waals surface area contributed by atoms with Gasteiger partial charge < -0.3 is 9.84 Å². The minimum atomic E-state index is -1.22. The lowest BCUT2D eigenvalue weighted by atomic mass is 9.98. The van der Waals surface area contributed by atoms with Crippen LogP contribution in [-0.2, 0) is 17.7 Å². The molecule has 0 aromatic heterocycles. The van der Waals surface area contributed by atoms with Gasteiger partial charge in [-0.2, -0.15) is 0 Å². The predicted octanol–water partition coefficient (Wildman–Crippen LogP) is 5.57. The van der Waals surface area contributed by atoms with Crippen LogP contribution in [-0.4, -0.2) is 41.8 Å². The van der Waals surface area contributed by atoms with E-state index < -0.39 is 11.8 Å². The molecule has 162 valence electrons. The Kier molecular flexibility index (Phi) is 7.64. The number of hydrogen-bond acceptors (Lipinski definition) is 3. The molecule has 2 fully saturated rings. The molecule has 2 aromatic carbocycles. The Morgan fingerprint density at radius 2 is 1.97 bits per heavy atom. The first-order valence-corrected chi connectivity index (χ1v) is 10.5. The van der Waals surface area contributed by atoms with Gasteiger partial charge in [0, 0.05) is 19.6 Å². The first-order valence-electron chi connectivity index (χ1n) is 9.74. The van der Waals surface area contributed by atoms with Gasteiger partial charge in [-0.3, -0.25) is 4.90 Å². The highest BCUT2D eigenvalue weighted by Gasteiger charge is 2.30. The molecule has 2 aliphatic rings. The largest absolute Gasteiger partial charge is 0.478 e. The van der Waals surface area contributed by atoms with E-state index in [9.17, 15) is 14.3 Å². The number of carbonyl (C=O) groups is 1. The van der Waals surface area contributed by atoms with Gasteiger partial charge in [0.25, 0.3) is 0 Å². The molecule has 1 saturated heterocycles. The maximum atomic E-state index is 14.3. The highest BCUT2D eigenvalue weighted by molar-refractivity contribution is 6.42. The van der Waals surface area contributed by atoms with Crippen LogP contribution in [0.3, 0.4) is 0 Å². The summed E-state index contributed by atoms with van der Waals surface area (Å²) in [4.78, 5) is 13.5. The Morgan fingerprint density at radius 3 is 2.63 bits per heavy atom. The fourth-order valence-corrected chi connectivity index (χ4v) is 4.25. The third-order valence-electron chi connectivity index (χ3n) is 5.54. The minimum absolute atomic E-state index is 0. The molecule has 1 heterocycles. The zero-order chi connectivity index (χ0) is 20.5. The Morgan fingerprint density at radius 1 is 1.20 bits per heavy atom. The summed E-state index contributed by atoms with van der Waals surface area (Å²) >= 11 is 12.1. The van der Waals surface area contributed by atoms with Gasteiger partial charge in [0.05, 0.1) is 28.3 Å². The van der Waals surface area contributed by atoms with Crippen molar-refractivity contribution in [2.45, 2.75) is 37.8 Å². The number of hydrogen-bond donors (Lipinski definition) is 1. The third-order valence-corrected chi connectivity index (χ3v) is 6.28. The van der Waals surface area contributed by atoms with Crippen molar-refractivity contribution in [3.05, 3.63) is 68.4 Å². The highest BCUT2D eigenvalue weighted by atomic mass is 35.5. The maximum Gasteiger partial charge on any atom is 0.338 e. The molecular formula is C22H23Cl3FNO3. The third kappa shape index (κ3) is 5.45. The van der Waals surface area contributed by atoms with Gasteiger partial charge in [0.15, 0.2) is 0 Å². The lowest BCUT2D eigenvalue weighted by Crippen LogP contribution is -2.43. The van der Waals surface area contributed by atoms with Crippen LogP contribution in [0.5, 0.6) is 0 Å². The molecule has 0 spiro atoms. The van der Waals surface area contributed by atoms with Crippen molar-refractivity contribution in [1.29, 1.82) is 0 Å². The van der Waals surface area contributed by atoms with Crippen molar-refractivity contribution >= 4 is 41.6 Å². The van der Waals surface area contributed by atoms with Crippen LogP contribution in [0.1, 0.15) is 45.8 Å². The summed E-state index contributed by atoms with van der Waals surface area (Å²) < 4.78 is 20.2. The summed E-state index contributed by atoms with van der Waals surface area (Å²) in [7, 11) is 0. The van der Waals surface area contributed by atoms with E-state index in [-0.39, 0.29) is 24.1 Å². The molecule has 1 atom stereocenters. The van der Waals surface area contributed by atoms with Crippen LogP contribution in [0.2, 0.25) is 10.0 Å². The van der Waals surface area contributed by atoms with Crippen LogP contribution >= 0.6 is 35.6 Å². The Bertz CT molecular complexity index is 936. The van der Waals surface area contributed by atoms with Crippen molar-refractivity contribution < 1.29 is 19.0 Å². The molecule has 4 rings (SSSR count). The number of halogens is 4. The molecule has 1 aliphatic heterocycles. The smallest absolute Gasteiger partial charge is 0.338 e. The van der Waals surface area contributed by atoms with E-state index in [0.717, 1.165) is 42.5 Å². The summed E-state index contributed by atoms with van der Waals surface area (Å²) in [6.07, 6.45) is 2.78. The highest BCUT2D eigenvalue weighted by Crippen LogP contribution is 2.42. The second-order valence-electron chi connectivity index (χ2n) is 7.79. The van der Waals surface area contributed by atoms with Gasteiger partial charge in [-0.15, -0.1) is 12.4 Å². The van der Waals surface area contributed by atoms with Gasteiger partial charge >= 0.3 is 5.97 Å². The number of ether oxygens (including phenoxy) is 1. The molecule has 0 radical (unpaired) electrons.